The third kappa shape index (κ3) is 2.32. The van der Waals surface area contributed by atoms with Crippen molar-refractivity contribution in [2.75, 3.05) is 5.01 Å². The highest BCUT2D eigenvalue weighted by molar-refractivity contribution is 9.10. The number of carbonyl (C=O) groups excluding carboxylic acids is 1. The van der Waals surface area contributed by atoms with E-state index >= 15 is 0 Å². The molecule has 16 heavy (non-hydrogen) atoms. The molecule has 2 N–H and O–H groups in total. The zero-order valence-corrected chi connectivity index (χ0v) is 9.96. The van der Waals surface area contributed by atoms with Gasteiger partial charge in [-0.3, -0.25) is 5.01 Å². The number of carbonyl (C=O) groups is 1. The van der Waals surface area contributed by atoms with Crippen molar-refractivity contribution in [3.05, 3.63) is 41.0 Å². The lowest BCUT2D eigenvalue weighted by Gasteiger charge is -2.31. The van der Waals surface area contributed by atoms with Crippen molar-refractivity contribution in [3.63, 3.8) is 0 Å². The van der Waals surface area contributed by atoms with E-state index in [2.05, 4.69) is 21.4 Å². The first kappa shape index (κ1) is 11.3. The maximum Gasteiger partial charge on any atom is 0.141 e. The number of anilines is 1. The zero-order valence-electron chi connectivity index (χ0n) is 8.38. The number of hydrogen-bond donors (Lipinski definition) is 2. The minimum atomic E-state index is -0.777. The molecule has 1 aromatic carbocycles. The molecule has 0 spiro atoms. The van der Waals surface area contributed by atoms with Gasteiger partial charge in [0.05, 0.1) is 11.8 Å². The number of halogens is 1. The molecule has 2 atom stereocenters. The SMILES string of the molecule is O=CC1NN(c2cccc(Br)c2)C=CC1O. The fourth-order valence-electron chi connectivity index (χ4n) is 1.47. The minimum absolute atomic E-state index is 0.607. The maximum atomic E-state index is 10.7. The van der Waals surface area contributed by atoms with Crippen molar-refractivity contribution in [2.45, 2.75) is 12.1 Å². The number of nitrogens with one attached hydrogen (secondary N) is 1. The lowest BCUT2D eigenvalue weighted by Crippen LogP contribution is -2.51. The predicted molar refractivity (Wildman–Crippen MR) is 64.8 cm³/mol. The Bertz CT molecular complexity index is 422. The highest BCUT2D eigenvalue weighted by Crippen LogP contribution is 2.20. The van der Waals surface area contributed by atoms with Crippen molar-refractivity contribution < 1.29 is 9.90 Å². The molecule has 4 nitrogen and oxygen atoms in total. The van der Waals surface area contributed by atoms with Crippen molar-refractivity contribution in [1.82, 2.24) is 5.43 Å². The molecule has 1 heterocycles. The average Bonchev–Trinajstić information content (AvgIpc) is 2.29. The summed E-state index contributed by atoms with van der Waals surface area (Å²) in [7, 11) is 0. The van der Waals surface area contributed by atoms with E-state index in [0.29, 0.717) is 6.29 Å². The normalized spacial score (nSPS) is 24.5. The van der Waals surface area contributed by atoms with Crippen LogP contribution in [-0.4, -0.2) is 23.5 Å². The van der Waals surface area contributed by atoms with Crippen molar-refractivity contribution >= 4 is 27.9 Å². The van der Waals surface area contributed by atoms with Gasteiger partial charge in [0.25, 0.3) is 0 Å². The molecule has 1 aliphatic rings. The van der Waals surface area contributed by atoms with E-state index in [-0.39, 0.29) is 0 Å². The van der Waals surface area contributed by atoms with E-state index in [1.54, 1.807) is 17.3 Å². The Kier molecular flexibility index (Phi) is 3.38. The van der Waals surface area contributed by atoms with Gasteiger partial charge in [0, 0.05) is 10.7 Å². The highest BCUT2D eigenvalue weighted by Gasteiger charge is 2.22. The van der Waals surface area contributed by atoms with Crippen LogP contribution in [0.2, 0.25) is 0 Å². The topological polar surface area (TPSA) is 52.6 Å². The van der Waals surface area contributed by atoms with E-state index < -0.39 is 12.1 Å². The monoisotopic (exact) mass is 282 g/mol. The Balaban J connectivity index is 2.23. The molecular formula is C11H11BrN2O2. The van der Waals surface area contributed by atoms with Gasteiger partial charge in [0.2, 0.25) is 0 Å². The lowest BCUT2D eigenvalue weighted by atomic mass is 10.1. The van der Waals surface area contributed by atoms with Crippen LogP contribution in [0.1, 0.15) is 0 Å². The van der Waals surface area contributed by atoms with Crippen molar-refractivity contribution in [3.8, 4) is 0 Å². The van der Waals surface area contributed by atoms with Gasteiger partial charge in [-0.2, -0.15) is 0 Å². The molecule has 0 aliphatic carbocycles. The summed E-state index contributed by atoms with van der Waals surface area (Å²) in [6, 6.07) is 7.03. The fraction of sp³-hybridized carbons (Fsp3) is 0.182. The number of nitrogens with zero attached hydrogens (tertiary/aromatic N) is 1. The van der Waals surface area contributed by atoms with Crippen LogP contribution in [0, 0.1) is 0 Å². The van der Waals surface area contributed by atoms with Crippen LogP contribution in [0.3, 0.4) is 0 Å². The van der Waals surface area contributed by atoms with Crippen LogP contribution >= 0.6 is 15.9 Å². The minimum Gasteiger partial charge on any atom is -0.387 e. The number of rotatable bonds is 2. The molecule has 0 amide bonds. The van der Waals surface area contributed by atoms with Crippen molar-refractivity contribution in [1.29, 1.82) is 0 Å². The second-order valence-corrected chi connectivity index (χ2v) is 4.39. The molecule has 5 heteroatoms. The molecule has 2 rings (SSSR count). The molecule has 1 aromatic rings. The summed E-state index contributed by atoms with van der Waals surface area (Å²) in [5, 5.41) is 11.2. The number of hydrazine groups is 1. The summed E-state index contributed by atoms with van der Waals surface area (Å²) in [6.07, 6.45) is 3.20. The van der Waals surface area contributed by atoms with Crippen LogP contribution in [0.15, 0.2) is 41.0 Å². The second-order valence-electron chi connectivity index (χ2n) is 3.47. The molecule has 2 unspecified atom stereocenters. The van der Waals surface area contributed by atoms with Crippen molar-refractivity contribution in [2.24, 2.45) is 0 Å². The number of benzene rings is 1. The van der Waals surface area contributed by atoms with Gasteiger partial charge in [0.15, 0.2) is 0 Å². The Morgan fingerprint density at radius 2 is 2.31 bits per heavy atom. The van der Waals surface area contributed by atoms with E-state index in [4.69, 9.17) is 0 Å². The summed E-state index contributed by atoms with van der Waals surface area (Å²) in [5.74, 6) is 0. The summed E-state index contributed by atoms with van der Waals surface area (Å²) in [5.41, 5.74) is 3.80. The molecule has 0 bridgehead atoms. The zero-order chi connectivity index (χ0) is 11.5. The Morgan fingerprint density at radius 3 is 3.00 bits per heavy atom. The van der Waals surface area contributed by atoms with Gasteiger partial charge in [-0.25, -0.2) is 5.43 Å². The summed E-state index contributed by atoms with van der Waals surface area (Å²) in [6.45, 7) is 0. The van der Waals surface area contributed by atoms with Crippen LogP contribution in [0.25, 0.3) is 0 Å². The van der Waals surface area contributed by atoms with Gasteiger partial charge in [-0.1, -0.05) is 22.0 Å². The molecule has 0 saturated carbocycles. The van der Waals surface area contributed by atoms with Crippen LogP contribution in [0.5, 0.6) is 0 Å². The largest absolute Gasteiger partial charge is 0.387 e. The van der Waals surface area contributed by atoms with Crippen LogP contribution in [0.4, 0.5) is 5.69 Å². The Morgan fingerprint density at radius 1 is 1.50 bits per heavy atom. The number of hydrogen-bond acceptors (Lipinski definition) is 4. The van der Waals surface area contributed by atoms with E-state index in [1.807, 2.05) is 24.3 Å². The third-order valence-electron chi connectivity index (χ3n) is 2.32. The van der Waals surface area contributed by atoms with Crippen LogP contribution in [-0.2, 0) is 4.79 Å². The Labute approximate surface area is 102 Å². The molecule has 0 aromatic heterocycles. The maximum absolute atomic E-state index is 10.7. The molecule has 0 saturated heterocycles. The van der Waals surface area contributed by atoms with Gasteiger partial charge < -0.3 is 9.90 Å². The molecule has 1 aliphatic heterocycles. The molecule has 0 radical (unpaired) electrons. The van der Waals surface area contributed by atoms with Gasteiger partial charge in [0.1, 0.15) is 12.3 Å². The molecule has 0 fully saturated rings. The van der Waals surface area contributed by atoms with E-state index in [0.717, 1.165) is 10.2 Å². The smallest absolute Gasteiger partial charge is 0.141 e. The van der Waals surface area contributed by atoms with Gasteiger partial charge >= 0.3 is 0 Å². The molecule has 84 valence electrons. The van der Waals surface area contributed by atoms with E-state index in [9.17, 15) is 9.90 Å². The number of aldehydes is 1. The summed E-state index contributed by atoms with van der Waals surface area (Å²) < 4.78 is 0.953. The summed E-state index contributed by atoms with van der Waals surface area (Å²) >= 11 is 3.38. The quantitative estimate of drug-likeness (QED) is 0.801. The molecular weight excluding hydrogens is 272 g/mol. The predicted octanol–water partition coefficient (Wildman–Crippen LogP) is 1.22. The third-order valence-corrected chi connectivity index (χ3v) is 2.81. The first-order valence-electron chi connectivity index (χ1n) is 4.83. The summed E-state index contributed by atoms with van der Waals surface area (Å²) in [4.78, 5) is 10.7. The van der Waals surface area contributed by atoms with Crippen LogP contribution < -0.4 is 10.4 Å². The standard InChI is InChI=1S/C11H11BrN2O2/c12-8-2-1-3-9(6-8)14-5-4-11(16)10(7-15)13-14/h1-7,10-11,13,16H. The van der Waals surface area contributed by atoms with E-state index in [1.165, 1.54) is 0 Å². The Hall–Kier alpha value is -1.17. The number of aliphatic hydroxyl groups excluding tert-OH is 1. The highest BCUT2D eigenvalue weighted by atomic mass is 79.9. The first-order chi connectivity index (χ1) is 7.70. The van der Waals surface area contributed by atoms with Gasteiger partial charge in [-0.15, -0.1) is 0 Å². The van der Waals surface area contributed by atoms with Gasteiger partial charge in [-0.05, 0) is 24.3 Å². The fourth-order valence-corrected chi connectivity index (χ4v) is 1.86. The second kappa shape index (κ2) is 4.78. The average molecular weight is 283 g/mol. The first-order valence-corrected chi connectivity index (χ1v) is 5.62. The lowest BCUT2D eigenvalue weighted by molar-refractivity contribution is -0.111. The number of aliphatic hydroxyl groups is 1.